The highest BCUT2D eigenvalue weighted by Crippen LogP contribution is 2.26. The lowest BCUT2D eigenvalue weighted by Gasteiger charge is -2.30. The van der Waals surface area contributed by atoms with Crippen molar-refractivity contribution in [3.63, 3.8) is 0 Å². The Bertz CT molecular complexity index is 658. The monoisotopic (exact) mass is 352 g/mol. The lowest BCUT2D eigenvalue weighted by molar-refractivity contribution is 0.219. The van der Waals surface area contributed by atoms with E-state index in [0.717, 1.165) is 31.9 Å². The molecule has 1 fully saturated rings. The van der Waals surface area contributed by atoms with Gasteiger partial charge < -0.3 is 15.0 Å². The van der Waals surface area contributed by atoms with Gasteiger partial charge >= 0.3 is 0 Å². The standard InChI is InChI=1S/C23H32N2O/c1-2-4-22-17-23(10-9-21(22)3-1)26-16-11-19-5-7-20(8-6-19)18-25-14-12-24-13-15-25/h5-7,9-10,17,20,24H,1-4,8,11-16,18H2. The van der Waals surface area contributed by atoms with Gasteiger partial charge in [-0.1, -0.05) is 24.3 Å². The zero-order valence-corrected chi connectivity index (χ0v) is 15.9. The summed E-state index contributed by atoms with van der Waals surface area (Å²) in [5, 5.41) is 3.43. The molecular weight excluding hydrogens is 320 g/mol. The Hall–Kier alpha value is -1.58. The second kappa shape index (κ2) is 8.88. The first-order valence-corrected chi connectivity index (χ1v) is 10.4. The normalized spacial score (nSPS) is 23.4. The average molecular weight is 353 g/mol. The van der Waals surface area contributed by atoms with Gasteiger partial charge in [-0.3, -0.25) is 0 Å². The molecule has 0 saturated carbocycles. The molecule has 0 amide bonds. The van der Waals surface area contributed by atoms with E-state index in [-0.39, 0.29) is 0 Å². The van der Waals surface area contributed by atoms with E-state index < -0.39 is 0 Å². The summed E-state index contributed by atoms with van der Waals surface area (Å²) in [6.07, 6.45) is 14.5. The van der Waals surface area contributed by atoms with E-state index in [2.05, 4.69) is 46.6 Å². The van der Waals surface area contributed by atoms with E-state index in [1.165, 1.54) is 68.4 Å². The smallest absolute Gasteiger partial charge is 0.119 e. The van der Waals surface area contributed by atoms with Crippen LogP contribution in [0.15, 0.2) is 42.0 Å². The maximum Gasteiger partial charge on any atom is 0.119 e. The number of hydrogen-bond acceptors (Lipinski definition) is 3. The summed E-state index contributed by atoms with van der Waals surface area (Å²) in [7, 11) is 0. The van der Waals surface area contributed by atoms with Crippen LogP contribution < -0.4 is 10.1 Å². The fraction of sp³-hybridized carbons (Fsp3) is 0.565. The van der Waals surface area contributed by atoms with Crippen LogP contribution in [0.2, 0.25) is 0 Å². The molecule has 0 spiro atoms. The summed E-state index contributed by atoms with van der Waals surface area (Å²) in [5.74, 6) is 1.72. The van der Waals surface area contributed by atoms with E-state index in [1.807, 2.05) is 0 Å². The summed E-state index contributed by atoms with van der Waals surface area (Å²) in [6.45, 7) is 6.63. The van der Waals surface area contributed by atoms with Crippen LogP contribution >= 0.6 is 0 Å². The fourth-order valence-electron chi connectivity index (χ4n) is 4.34. The van der Waals surface area contributed by atoms with Gasteiger partial charge in [0.25, 0.3) is 0 Å². The van der Waals surface area contributed by atoms with Crippen LogP contribution in [0.25, 0.3) is 0 Å². The molecule has 0 aromatic heterocycles. The Morgan fingerprint density at radius 2 is 1.92 bits per heavy atom. The van der Waals surface area contributed by atoms with Gasteiger partial charge in [0.05, 0.1) is 6.61 Å². The Morgan fingerprint density at radius 1 is 1.08 bits per heavy atom. The SMILES string of the molecule is C1=CC(CN2CCNCC2)CC=C1CCOc1ccc2c(c1)CCCC2. The van der Waals surface area contributed by atoms with Crippen molar-refractivity contribution in [2.75, 3.05) is 39.3 Å². The van der Waals surface area contributed by atoms with Gasteiger partial charge in [-0.25, -0.2) is 0 Å². The predicted molar refractivity (Wildman–Crippen MR) is 108 cm³/mol. The van der Waals surface area contributed by atoms with E-state index >= 15 is 0 Å². The highest BCUT2D eigenvalue weighted by Gasteiger charge is 2.16. The molecule has 4 rings (SSSR count). The van der Waals surface area contributed by atoms with E-state index in [0.29, 0.717) is 5.92 Å². The molecule has 1 saturated heterocycles. The molecule has 1 aromatic carbocycles. The van der Waals surface area contributed by atoms with E-state index in [9.17, 15) is 0 Å². The number of piperazine rings is 1. The number of ether oxygens (including phenoxy) is 1. The molecule has 140 valence electrons. The Labute approximate surface area is 158 Å². The van der Waals surface area contributed by atoms with Gasteiger partial charge in [0, 0.05) is 39.1 Å². The Morgan fingerprint density at radius 3 is 2.73 bits per heavy atom. The van der Waals surface area contributed by atoms with Crippen molar-refractivity contribution in [1.29, 1.82) is 0 Å². The first-order valence-electron chi connectivity index (χ1n) is 10.4. The number of benzene rings is 1. The van der Waals surface area contributed by atoms with Gasteiger partial charge in [-0.05, 0) is 66.9 Å². The molecule has 3 aliphatic rings. The van der Waals surface area contributed by atoms with Crippen LogP contribution in [0.4, 0.5) is 0 Å². The molecule has 3 heteroatoms. The first-order chi connectivity index (χ1) is 12.9. The minimum Gasteiger partial charge on any atom is -0.493 e. The summed E-state index contributed by atoms with van der Waals surface area (Å²) in [6, 6.07) is 6.69. The molecule has 26 heavy (non-hydrogen) atoms. The number of fused-ring (bicyclic) bond motifs is 1. The van der Waals surface area contributed by atoms with Crippen molar-refractivity contribution in [2.45, 2.75) is 38.5 Å². The average Bonchev–Trinajstić information content (AvgIpc) is 2.70. The number of rotatable bonds is 6. The van der Waals surface area contributed by atoms with Crippen molar-refractivity contribution < 1.29 is 4.74 Å². The van der Waals surface area contributed by atoms with E-state index in [1.54, 1.807) is 0 Å². The molecule has 1 aromatic rings. The summed E-state index contributed by atoms with van der Waals surface area (Å²) in [4.78, 5) is 2.59. The van der Waals surface area contributed by atoms with Gasteiger partial charge in [0.15, 0.2) is 0 Å². The summed E-state index contributed by atoms with van der Waals surface area (Å²) in [5.41, 5.74) is 4.46. The van der Waals surface area contributed by atoms with Crippen LogP contribution in [0.3, 0.4) is 0 Å². The Kier molecular flexibility index (Phi) is 6.08. The maximum atomic E-state index is 6.03. The van der Waals surface area contributed by atoms with Crippen molar-refractivity contribution in [2.24, 2.45) is 5.92 Å². The molecule has 1 atom stereocenters. The second-order valence-electron chi connectivity index (χ2n) is 7.92. The molecule has 1 heterocycles. The minimum absolute atomic E-state index is 0.679. The number of hydrogen-bond donors (Lipinski definition) is 1. The number of nitrogens with zero attached hydrogens (tertiary/aromatic N) is 1. The van der Waals surface area contributed by atoms with Crippen LogP contribution in [0.1, 0.15) is 36.8 Å². The van der Waals surface area contributed by atoms with Crippen molar-refractivity contribution >= 4 is 0 Å². The lowest BCUT2D eigenvalue weighted by Crippen LogP contribution is -2.45. The van der Waals surface area contributed by atoms with Crippen molar-refractivity contribution in [3.05, 3.63) is 53.1 Å². The van der Waals surface area contributed by atoms with E-state index in [4.69, 9.17) is 4.74 Å². The molecule has 3 nitrogen and oxygen atoms in total. The van der Waals surface area contributed by atoms with Crippen LogP contribution in [-0.4, -0.2) is 44.2 Å². The summed E-state index contributed by atoms with van der Waals surface area (Å²) >= 11 is 0. The second-order valence-corrected chi connectivity index (χ2v) is 7.92. The zero-order valence-electron chi connectivity index (χ0n) is 15.9. The maximum absolute atomic E-state index is 6.03. The van der Waals surface area contributed by atoms with Crippen molar-refractivity contribution in [3.8, 4) is 5.75 Å². The van der Waals surface area contributed by atoms with Gasteiger partial charge in [0.1, 0.15) is 5.75 Å². The van der Waals surface area contributed by atoms with Crippen LogP contribution in [0.5, 0.6) is 5.75 Å². The largest absolute Gasteiger partial charge is 0.493 e. The van der Waals surface area contributed by atoms with Crippen LogP contribution in [0, 0.1) is 5.92 Å². The third-order valence-corrected chi connectivity index (χ3v) is 5.95. The van der Waals surface area contributed by atoms with Gasteiger partial charge in [0.2, 0.25) is 0 Å². The fourth-order valence-corrected chi connectivity index (χ4v) is 4.34. The highest BCUT2D eigenvalue weighted by atomic mass is 16.5. The zero-order chi connectivity index (χ0) is 17.6. The molecule has 2 aliphatic carbocycles. The quantitative estimate of drug-likeness (QED) is 0.844. The first kappa shape index (κ1) is 17.8. The highest BCUT2D eigenvalue weighted by molar-refractivity contribution is 5.37. The number of aryl methyl sites for hydroxylation is 2. The molecule has 1 unspecified atom stereocenters. The summed E-state index contributed by atoms with van der Waals surface area (Å²) < 4.78 is 6.03. The number of allylic oxidation sites excluding steroid dienone is 2. The molecule has 1 aliphatic heterocycles. The molecule has 1 N–H and O–H groups in total. The van der Waals surface area contributed by atoms with Crippen molar-refractivity contribution in [1.82, 2.24) is 10.2 Å². The Balaban J connectivity index is 1.20. The molecule has 0 radical (unpaired) electrons. The number of nitrogens with one attached hydrogen (secondary N) is 1. The minimum atomic E-state index is 0.679. The van der Waals surface area contributed by atoms with Gasteiger partial charge in [-0.2, -0.15) is 0 Å². The lowest BCUT2D eigenvalue weighted by atomic mass is 9.92. The third kappa shape index (κ3) is 4.77. The third-order valence-electron chi connectivity index (χ3n) is 5.95. The topological polar surface area (TPSA) is 24.5 Å². The van der Waals surface area contributed by atoms with Gasteiger partial charge in [-0.15, -0.1) is 0 Å². The van der Waals surface area contributed by atoms with Crippen LogP contribution in [-0.2, 0) is 12.8 Å². The molecule has 0 bridgehead atoms. The molecular formula is C23H32N2O. The predicted octanol–water partition coefficient (Wildman–Crippen LogP) is 3.74.